The lowest BCUT2D eigenvalue weighted by atomic mass is 10.1. The summed E-state index contributed by atoms with van der Waals surface area (Å²) in [5.74, 6) is -1.11. The fourth-order valence-electron chi connectivity index (χ4n) is 6.88. The number of hydrogen-bond acceptors (Lipinski definition) is 6. The Morgan fingerprint density at radius 2 is 0.568 bits per heavy atom. The molecule has 74 heavy (non-hydrogen) atoms. The Morgan fingerprint density at radius 3 is 0.946 bits per heavy atom. The van der Waals surface area contributed by atoms with Gasteiger partial charge in [0.15, 0.2) is 6.10 Å². The molecule has 0 rings (SSSR count). The number of unbranched alkanes of at least 4 members (excludes halogenated alkanes) is 8. The van der Waals surface area contributed by atoms with Gasteiger partial charge in [-0.3, -0.25) is 14.4 Å². The molecule has 0 aromatic heterocycles. The third-order valence-corrected chi connectivity index (χ3v) is 11.1. The molecule has 0 amide bonds. The lowest BCUT2D eigenvalue weighted by Gasteiger charge is -2.18. The first-order valence-corrected chi connectivity index (χ1v) is 28.8. The summed E-state index contributed by atoms with van der Waals surface area (Å²) in [5, 5.41) is 0. The van der Waals surface area contributed by atoms with Crippen LogP contribution in [0.25, 0.3) is 0 Å². The zero-order valence-electron chi connectivity index (χ0n) is 46.8. The van der Waals surface area contributed by atoms with E-state index in [1.54, 1.807) is 0 Å². The third kappa shape index (κ3) is 57.4. The van der Waals surface area contributed by atoms with Crippen LogP contribution in [-0.4, -0.2) is 37.2 Å². The first kappa shape index (κ1) is 68.5. The lowest BCUT2D eigenvalue weighted by molar-refractivity contribution is -0.166. The van der Waals surface area contributed by atoms with Crippen LogP contribution in [0.15, 0.2) is 182 Å². The molecule has 0 fully saturated rings. The standard InChI is InChI=1S/C68H102O6/c1-4-7-10-13-16-19-22-25-27-28-29-30-31-32-33-34-35-36-37-38-39-40-41-44-46-49-52-55-58-61-67(70)73-64-65(63-72-66(69)60-57-54-51-48-45-42-24-21-18-15-12-9-6-3)74-68(71)62-59-56-53-50-47-43-26-23-20-17-14-11-8-5-2/h7,9-10,12,14,16-19,21,23,25-27,29-30,32-33,35-36,38-39,41-42,44-45,49,51-52,54,65H,4-6,8,11,13,15,20,22,24,28,31,34,37,40,43,46-48,50,53,55-64H2,1-3H3/b10-7-,12-9-,17-14-,19-16-,21-18-,26-23-,27-25-,30-29-,33-32-,36-35-,39-38-,44-41-,45-42-,52-49-,54-51-. The summed E-state index contributed by atoms with van der Waals surface area (Å²) in [6, 6.07) is 0. The fraction of sp³-hybridized carbons (Fsp3) is 0.515. The van der Waals surface area contributed by atoms with Crippen LogP contribution in [-0.2, 0) is 28.6 Å². The molecule has 410 valence electrons. The van der Waals surface area contributed by atoms with Gasteiger partial charge in [-0.2, -0.15) is 0 Å². The van der Waals surface area contributed by atoms with Crippen LogP contribution in [0.5, 0.6) is 0 Å². The summed E-state index contributed by atoms with van der Waals surface area (Å²) >= 11 is 0. The van der Waals surface area contributed by atoms with Gasteiger partial charge in [0.05, 0.1) is 0 Å². The maximum absolute atomic E-state index is 12.8. The number of carbonyl (C=O) groups excluding carboxylic acids is 3. The van der Waals surface area contributed by atoms with E-state index >= 15 is 0 Å². The summed E-state index contributed by atoms with van der Waals surface area (Å²) in [4.78, 5) is 38.0. The van der Waals surface area contributed by atoms with Crippen LogP contribution in [0.4, 0.5) is 0 Å². The Kier molecular flexibility index (Phi) is 55.6. The van der Waals surface area contributed by atoms with E-state index in [-0.39, 0.29) is 50.4 Å². The van der Waals surface area contributed by atoms with Gasteiger partial charge < -0.3 is 14.2 Å². The molecule has 1 unspecified atom stereocenters. The van der Waals surface area contributed by atoms with Crippen molar-refractivity contribution in [2.75, 3.05) is 13.2 Å². The van der Waals surface area contributed by atoms with Gasteiger partial charge in [-0.05, 0) is 135 Å². The number of ether oxygens (including phenoxy) is 3. The Bertz CT molecular complexity index is 1780. The van der Waals surface area contributed by atoms with Crippen molar-refractivity contribution >= 4 is 17.9 Å². The Labute approximate surface area is 453 Å². The van der Waals surface area contributed by atoms with Gasteiger partial charge >= 0.3 is 17.9 Å². The Morgan fingerprint density at radius 1 is 0.284 bits per heavy atom. The molecule has 6 heteroatoms. The summed E-state index contributed by atoms with van der Waals surface area (Å²) < 4.78 is 16.7. The van der Waals surface area contributed by atoms with Gasteiger partial charge in [-0.15, -0.1) is 0 Å². The largest absolute Gasteiger partial charge is 0.462 e. The predicted octanol–water partition coefficient (Wildman–Crippen LogP) is 19.7. The van der Waals surface area contributed by atoms with E-state index in [4.69, 9.17) is 14.2 Å². The number of hydrogen-bond donors (Lipinski definition) is 0. The van der Waals surface area contributed by atoms with Gasteiger partial charge in [0.25, 0.3) is 0 Å². The van der Waals surface area contributed by atoms with Crippen molar-refractivity contribution in [2.24, 2.45) is 0 Å². The van der Waals surface area contributed by atoms with E-state index in [0.29, 0.717) is 12.8 Å². The molecule has 0 saturated heterocycles. The molecule has 0 aliphatic heterocycles. The smallest absolute Gasteiger partial charge is 0.306 e. The molecule has 0 aromatic rings. The number of rotatable bonds is 49. The van der Waals surface area contributed by atoms with Crippen LogP contribution in [0, 0.1) is 0 Å². The van der Waals surface area contributed by atoms with Crippen LogP contribution < -0.4 is 0 Å². The Balaban J connectivity index is 4.51. The molecule has 0 aromatic carbocycles. The van der Waals surface area contributed by atoms with Crippen molar-refractivity contribution in [3.8, 4) is 0 Å². The number of esters is 3. The SMILES string of the molecule is CC/C=C\C/C=C\C/C=C\C/C=C\C/C=C\C/C=C\C/C=C\C/C=C\C/C=C\CCCC(=O)OCC(COC(=O)CC/C=C\C/C=C\C/C=C\C/C=C\CC)OC(=O)CCCCCCC/C=C\C/C=C\CCCC. The van der Waals surface area contributed by atoms with E-state index in [0.717, 1.165) is 135 Å². The van der Waals surface area contributed by atoms with E-state index < -0.39 is 6.10 Å². The van der Waals surface area contributed by atoms with Crippen LogP contribution in [0.1, 0.15) is 207 Å². The van der Waals surface area contributed by atoms with E-state index in [1.165, 1.54) is 19.3 Å². The lowest BCUT2D eigenvalue weighted by Crippen LogP contribution is -2.30. The van der Waals surface area contributed by atoms with E-state index in [2.05, 4.69) is 191 Å². The molecule has 0 spiro atoms. The van der Waals surface area contributed by atoms with E-state index in [9.17, 15) is 14.4 Å². The molecule has 0 bridgehead atoms. The number of carbonyl (C=O) groups is 3. The zero-order chi connectivity index (χ0) is 53.6. The zero-order valence-corrected chi connectivity index (χ0v) is 46.8. The minimum absolute atomic E-state index is 0.146. The van der Waals surface area contributed by atoms with Gasteiger partial charge in [0.1, 0.15) is 13.2 Å². The molecule has 0 N–H and O–H groups in total. The third-order valence-electron chi connectivity index (χ3n) is 11.1. The van der Waals surface area contributed by atoms with Gasteiger partial charge in [0, 0.05) is 19.3 Å². The second-order valence-corrected chi connectivity index (χ2v) is 18.1. The average molecular weight is 1020 g/mol. The molecule has 0 saturated carbocycles. The summed E-state index contributed by atoms with van der Waals surface area (Å²) in [6.45, 7) is 6.21. The predicted molar refractivity (Wildman–Crippen MR) is 320 cm³/mol. The highest BCUT2D eigenvalue weighted by Crippen LogP contribution is 2.11. The number of allylic oxidation sites excluding steroid dienone is 30. The highest BCUT2D eigenvalue weighted by atomic mass is 16.6. The molecule has 0 aliphatic carbocycles. The summed E-state index contributed by atoms with van der Waals surface area (Å²) in [5.41, 5.74) is 0. The highest BCUT2D eigenvalue weighted by molar-refractivity contribution is 5.71. The van der Waals surface area contributed by atoms with Crippen LogP contribution >= 0.6 is 0 Å². The average Bonchev–Trinajstić information content (AvgIpc) is 3.40. The minimum Gasteiger partial charge on any atom is -0.462 e. The molecule has 0 heterocycles. The molecule has 6 nitrogen and oxygen atoms in total. The molecular weight excluding hydrogens is 913 g/mol. The van der Waals surface area contributed by atoms with Crippen LogP contribution in [0.3, 0.4) is 0 Å². The normalized spacial score (nSPS) is 13.5. The van der Waals surface area contributed by atoms with Crippen molar-refractivity contribution < 1.29 is 28.6 Å². The molecule has 0 radical (unpaired) electrons. The monoisotopic (exact) mass is 1010 g/mol. The second-order valence-electron chi connectivity index (χ2n) is 18.1. The van der Waals surface area contributed by atoms with Crippen molar-refractivity contribution in [1.29, 1.82) is 0 Å². The maximum atomic E-state index is 12.8. The fourth-order valence-corrected chi connectivity index (χ4v) is 6.88. The van der Waals surface area contributed by atoms with Crippen molar-refractivity contribution in [3.63, 3.8) is 0 Å². The molecular formula is C68H102O6. The maximum Gasteiger partial charge on any atom is 0.306 e. The summed E-state index contributed by atoms with van der Waals surface area (Å²) in [6.07, 6.45) is 90.5. The van der Waals surface area contributed by atoms with Crippen molar-refractivity contribution in [1.82, 2.24) is 0 Å². The highest BCUT2D eigenvalue weighted by Gasteiger charge is 2.19. The quantitative estimate of drug-likeness (QED) is 0.0261. The molecule has 1 atom stereocenters. The van der Waals surface area contributed by atoms with Gasteiger partial charge in [0.2, 0.25) is 0 Å². The Hall–Kier alpha value is -5.49. The topological polar surface area (TPSA) is 78.9 Å². The minimum atomic E-state index is -0.848. The summed E-state index contributed by atoms with van der Waals surface area (Å²) in [7, 11) is 0. The first-order chi connectivity index (χ1) is 36.5. The van der Waals surface area contributed by atoms with Crippen molar-refractivity contribution in [2.45, 2.75) is 213 Å². The first-order valence-electron chi connectivity index (χ1n) is 28.8. The van der Waals surface area contributed by atoms with Crippen molar-refractivity contribution in [3.05, 3.63) is 182 Å². The molecule has 0 aliphatic rings. The van der Waals surface area contributed by atoms with Gasteiger partial charge in [-0.25, -0.2) is 0 Å². The van der Waals surface area contributed by atoms with Crippen LogP contribution in [0.2, 0.25) is 0 Å². The van der Waals surface area contributed by atoms with E-state index in [1.807, 2.05) is 12.2 Å². The second kappa shape index (κ2) is 60.1. The van der Waals surface area contributed by atoms with Gasteiger partial charge in [-0.1, -0.05) is 235 Å².